The first kappa shape index (κ1) is 12.9. The molecule has 6 heteroatoms. The number of nitrogens with zero attached hydrogens (tertiary/aromatic N) is 1. The van der Waals surface area contributed by atoms with Gasteiger partial charge in [0.25, 0.3) is 0 Å². The summed E-state index contributed by atoms with van der Waals surface area (Å²) < 4.78 is 1.92. The predicted molar refractivity (Wildman–Crippen MR) is 70.8 cm³/mol. The Morgan fingerprint density at radius 3 is 2.74 bits per heavy atom. The molecule has 2 aromatic rings. The summed E-state index contributed by atoms with van der Waals surface area (Å²) in [4.78, 5) is 21.9. The summed E-state index contributed by atoms with van der Waals surface area (Å²) >= 11 is 0. The van der Waals surface area contributed by atoms with Gasteiger partial charge in [0.2, 0.25) is 0 Å². The van der Waals surface area contributed by atoms with Gasteiger partial charge >= 0.3 is 12.0 Å². The fourth-order valence-corrected chi connectivity index (χ4v) is 2.18. The fraction of sp³-hybridized carbons (Fsp3) is 0.231. The molecule has 0 aliphatic rings. The van der Waals surface area contributed by atoms with Gasteiger partial charge in [-0.15, -0.1) is 0 Å². The number of urea groups is 1. The first-order valence-electron chi connectivity index (χ1n) is 5.80. The molecule has 2 amide bonds. The van der Waals surface area contributed by atoms with Crippen molar-refractivity contribution < 1.29 is 14.7 Å². The topological polar surface area (TPSA) is 97.4 Å². The largest absolute Gasteiger partial charge is 0.480 e. The summed E-state index contributed by atoms with van der Waals surface area (Å²) in [5, 5.41) is 12.3. The molecule has 0 fully saturated rings. The molecular formula is C13H15N3O3. The first-order valence-corrected chi connectivity index (χ1v) is 5.80. The van der Waals surface area contributed by atoms with E-state index < -0.39 is 18.0 Å². The van der Waals surface area contributed by atoms with Crippen LogP contribution in [0, 0.1) is 0 Å². The minimum absolute atomic E-state index is 0.194. The molecule has 4 N–H and O–H groups in total. The van der Waals surface area contributed by atoms with Crippen LogP contribution < -0.4 is 11.1 Å². The van der Waals surface area contributed by atoms with Gasteiger partial charge < -0.3 is 20.7 Å². The van der Waals surface area contributed by atoms with Gasteiger partial charge in [0, 0.05) is 30.6 Å². The number of aliphatic carboxylic acids is 1. The van der Waals surface area contributed by atoms with Gasteiger partial charge in [0.05, 0.1) is 0 Å². The van der Waals surface area contributed by atoms with E-state index in [1.165, 1.54) is 0 Å². The van der Waals surface area contributed by atoms with Gasteiger partial charge in [0.1, 0.15) is 6.04 Å². The number of carbonyl (C=O) groups excluding carboxylic acids is 1. The standard InChI is InChI=1S/C13H15N3O3/c1-16-7-8(9-4-2-3-5-11(9)16)6-10(12(17)18)15-13(14)19/h2-5,7,10H,6H2,1H3,(H,17,18)(H3,14,15,19). The third kappa shape index (κ3) is 2.67. The summed E-state index contributed by atoms with van der Waals surface area (Å²) in [6, 6.07) is 5.83. The number of para-hydroxylation sites is 1. The number of rotatable bonds is 4. The Morgan fingerprint density at radius 1 is 1.42 bits per heavy atom. The smallest absolute Gasteiger partial charge is 0.326 e. The van der Waals surface area contributed by atoms with Gasteiger partial charge in [-0.25, -0.2) is 9.59 Å². The van der Waals surface area contributed by atoms with Gasteiger partial charge in [-0.1, -0.05) is 18.2 Å². The summed E-state index contributed by atoms with van der Waals surface area (Å²) in [5.74, 6) is -1.10. The molecule has 1 aromatic heterocycles. The number of aryl methyl sites for hydroxylation is 1. The van der Waals surface area contributed by atoms with E-state index in [9.17, 15) is 9.59 Å². The Bertz CT molecular complexity index is 633. The number of aromatic nitrogens is 1. The molecule has 0 spiro atoms. The van der Waals surface area contributed by atoms with Crippen LogP contribution in [0.25, 0.3) is 10.9 Å². The van der Waals surface area contributed by atoms with E-state index in [4.69, 9.17) is 10.8 Å². The lowest BCUT2D eigenvalue weighted by Gasteiger charge is -2.12. The van der Waals surface area contributed by atoms with Crippen LogP contribution in [-0.2, 0) is 18.3 Å². The van der Waals surface area contributed by atoms with Crippen molar-refractivity contribution in [3.05, 3.63) is 36.0 Å². The number of hydrogen-bond donors (Lipinski definition) is 3. The van der Waals surface area contributed by atoms with Crippen molar-refractivity contribution in [3.8, 4) is 0 Å². The minimum atomic E-state index is -1.10. The van der Waals surface area contributed by atoms with E-state index >= 15 is 0 Å². The molecule has 1 unspecified atom stereocenters. The average molecular weight is 261 g/mol. The minimum Gasteiger partial charge on any atom is -0.480 e. The van der Waals surface area contributed by atoms with Crippen LogP contribution in [0.15, 0.2) is 30.5 Å². The second-order valence-corrected chi connectivity index (χ2v) is 4.39. The summed E-state index contributed by atoms with van der Waals surface area (Å²) in [5.41, 5.74) is 6.86. The number of carbonyl (C=O) groups is 2. The lowest BCUT2D eigenvalue weighted by atomic mass is 10.1. The molecular weight excluding hydrogens is 246 g/mol. The maximum Gasteiger partial charge on any atom is 0.326 e. The maximum absolute atomic E-state index is 11.1. The number of fused-ring (bicyclic) bond motifs is 1. The van der Waals surface area contributed by atoms with E-state index in [2.05, 4.69) is 5.32 Å². The molecule has 6 nitrogen and oxygen atoms in total. The Hall–Kier alpha value is -2.50. The molecule has 1 aromatic carbocycles. The van der Waals surface area contributed by atoms with Crippen LogP contribution in [0.4, 0.5) is 4.79 Å². The SMILES string of the molecule is Cn1cc(CC(NC(N)=O)C(=O)O)c2ccccc21. The number of nitrogens with one attached hydrogen (secondary N) is 1. The number of carboxylic acids is 1. The van der Waals surface area contributed by atoms with E-state index in [-0.39, 0.29) is 6.42 Å². The highest BCUT2D eigenvalue weighted by atomic mass is 16.4. The lowest BCUT2D eigenvalue weighted by molar-refractivity contribution is -0.139. The monoisotopic (exact) mass is 261 g/mol. The zero-order valence-corrected chi connectivity index (χ0v) is 10.5. The van der Waals surface area contributed by atoms with Crippen molar-refractivity contribution in [2.75, 3.05) is 0 Å². The molecule has 2 rings (SSSR count). The third-order valence-electron chi connectivity index (χ3n) is 3.02. The lowest BCUT2D eigenvalue weighted by Crippen LogP contribution is -2.44. The second-order valence-electron chi connectivity index (χ2n) is 4.39. The van der Waals surface area contributed by atoms with E-state index in [0.29, 0.717) is 0 Å². The number of benzene rings is 1. The molecule has 1 heterocycles. The molecule has 0 saturated heterocycles. The van der Waals surface area contributed by atoms with Crippen LogP contribution in [0.2, 0.25) is 0 Å². The number of carboxylic acid groups (broad SMARTS) is 1. The fourth-order valence-electron chi connectivity index (χ4n) is 2.18. The van der Waals surface area contributed by atoms with Crippen LogP contribution in [0.3, 0.4) is 0 Å². The van der Waals surface area contributed by atoms with Crippen molar-refractivity contribution in [3.63, 3.8) is 0 Å². The summed E-state index contributed by atoms with van der Waals surface area (Å²) in [7, 11) is 1.89. The Labute approximate surface area is 109 Å². The Kier molecular flexibility index (Phi) is 3.41. The van der Waals surface area contributed by atoms with Crippen molar-refractivity contribution >= 4 is 22.9 Å². The van der Waals surface area contributed by atoms with E-state index in [0.717, 1.165) is 16.5 Å². The zero-order valence-electron chi connectivity index (χ0n) is 10.5. The van der Waals surface area contributed by atoms with Crippen LogP contribution in [0.1, 0.15) is 5.56 Å². The van der Waals surface area contributed by atoms with Gasteiger partial charge in [-0.3, -0.25) is 0 Å². The molecule has 0 radical (unpaired) electrons. The number of amides is 2. The zero-order chi connectivity index (χ0) is 14.0. The molecule has 100 valence electrons. The molecule has 0 aliphatic heterocycles. The number of nitrogens with two attached hydrogens (primary N) is 1. The van der Waals surface area contributed by atoms with Crippen molar-refractivity contribution in [1.82, 2.24) is 9.88 Å². The Balaban J connectivity index is 2.34. The van der Waals surface area contributed by atoms with Crippen molar-refractivity contribution in [2.24, 2.45) is 12.8 Å². The van der Waals surface area contributed by atoms with Gasteiger partial charge in [-0.2, -0.15) is 0 Å². The van der Waals surface area contributed by atoms with Gasteiger partial charge in [0.15, 0.2) is 0 Å². The number of hydrogen-bond acceptors (Lipinski definition) is 2. The maximum atomic E-state index is 11.1. The van der Waals surface area contributed by atoms with E-state index in [1.54, 1.807) is 0 Å². The van der Waals surface area contributed by atoms with Crippen LogP contribution in [0.5, 0.6) is 0 Å². The third-order valence-corrected chi connectivity index (χ3v) is 3.02. The van der Waals surface area contributed by atoms with E-state index in [1.807, 2.05) is 42.1 Å². The van der Waals surface area contributed by atoms with Crippen molar-refractivity contribution in [2.45, 2.75) is 12.5 Å². The normalized spacial score (nSPS) is 12.3. The Morgan fingerprint density at radius 2 is 2.11 bits per heavy atom. The molecule has 1 atom stereocenters. The second kappa shape index (κ2) is 5.01. The highest BCUT2D eigenvalue weighted by Gasteiger charge is 2.21. The first-order chi connectivity index (χ1) is 8.99. The van der Waals surface area contributed by atoms with Gasteiger partial charge in [-0.05, 0) is 11.6 Å². The van der Waals surface area contributed by atoms with Crippen molar-refractivity contribution in [1.29, 1.82) is 0 Å². The highest BCUT2D eigenvalue weighted by molar-refractivity contribution is 5.86. The quantitative estimate of drug-likeness (QED) is 0.760. The highest BCUT2D eigenvalue weighted by Crippen LogP contribution is 2.21. The average Bonchev–Trinajstić information content (AvgIpc) is 2.66. The molecule has 0 saturated carbocycles. The van der Waals surface area contributed by atoms with Crippen LogP contribution in [-0.4, -0.2) is 27.7 Å². The molecule has 0 bridgehead atoms. The predicted octanol–water partition coefficient (Wildman–Crippen LogP) is 0.842. The number of primary amides is 1. The summed E-state index contributed by atoms with van der Waals surface area (Å²) in [6.07, 6.45) is 2.06. The summed E-state index contributed by atoms with van der Waals surface area (Å²) in [6.45, 7) is 0. The molecule has 19 heavy (non-hydrogen) atoms. The molecule has 0 aliphatic carbocycles. The van der Waals surface area contributed by atoms with Crippen LogP contribution >= 0.6 is 0 Å².